The van der Waals surface area contributed by atoms with Crippen LogP contribution < -0.4 is 113 Å². The van der Waals surface area contributed by atoms with Crippen LogP contribution in [0.3, 0.4) is 0 Å². The number of aliphatic hydroxyl groups excluding tert-OH is 1. The van der Waals surface area contributed by atoms with Gasteiger partial charge in [0, 0.05) is 31.7 Å². The second-order valence-corrected chi connectivity index (χ2v) is 6.53. The summed E-state index contributed by atoms with van der Waals surface area (Å²) >= 11 is 0. The van der Waals surface area contributed by atoms with E-state index < -0.39 is 42.1 Å². The zero-order valence-electron chi connectivity index (χ0n) is 17.9. The van der Waals surface area contributed by atoms with E-state index in [1.54, 1.807) is 0 Å². The Bertz CT molecular complexity index is 462. The van der Waals surface area contributed by atoms with Gasteiger partial charge in [-0.15, -0.1) is 0 Å². The van der Waals surface area contributed by atoms with E-state index in [2.05, 4.69) is 0 Å². The molecule has 0 saturated carbocycles. The molecule has 0 bridgehead atoms. The fourth-order valence-corrected chi connectivity index (χ4v) is 2.64. The van der Waals surface area contributed by atoms with E-state index in [0.29, 0.717) is 6.42 Å². The summed E-state index contributed by atoms with van der Waals surface area (Å²) in [5.41, 5.74) is 0. The standard InChI is InChI=1S/C17H32N2O7.2K/c1-5-6-7-14(20)10-18(11(2)15(21)22)8-9-19(12(3)16(23)24)13(4)17(25)26;;/h11-14,20H,5-10H2,1-4H3,(H,21,22)(H,23,24)(H,25,26);;/q;2*+1/p-2. The summed E-state index contributed by atoms with van der Waals surface area (Å²) in [5, 5.41) is 41.6. The number of hydrogen-bond donors (Lipinski definition) is 2. The van der Waals surface area contributed by atoms with Gasteiger partial charge in [0.2, 0.25) is 0 Å². The molecule has 152 valence electrons. The van der Waals surface area contributed by atoms with E-state index in [0.717, 1.165) is 12.8 Å². The molecule has 0 aliphatic rings. The normalized spacial score (nSPS) is 15.1. The Hall–Kier alpha value is 1.56. The van der Waals surface area contributed by atoms with Gasteiger partial charge in [-0.2, -0.15) is 0 Å². The number of hydrogen-bond acceptors (Lipinski definition) is 8. The molecule has 0 aromatic rings. The summed E-state index contributed by atoms with van der Waals surface area (Å²) in [6.45, 7) is 6.18. The minimum Gasteiger partial charge on any atom is -0.548 e. The Morgan fingerprint density at radius 1 is 0.929 bits per heavy atom. The number of carbonyl (C=O) groups excluding carboxylic acids is 2. The van der Waals surface area contributed by atoms with Gasteiger partial charge < -0.3 is 30.0 Å². The quantitative estimate of drug-likeness (QED) is 0.245. The van der Waals surface area contributed by atoms with Crippen molar-refractivity contribution in [3.05, 3.63) is 0 Å². The van der Waals surface area contributed by atoms with Crippen molar-refractivity contribution < 1.29 is 138 Å². The molecule has 4 unspecified atom stereocenters. The van der Waals surface area contributed by atoms with Crippen LogP contribution in [0.2, 0.25) is 0 Å². The van der Waals surface area contributed by atoms with Gasteiger partial charge in [0.05, 0.1) is 18.0 Å². The van der Waals surface area contributed by atoms with Crippen molar-refractivity contribution in [2.24, 2.45) is 0 Å². The van der Waals surface area contributed by atoms with Crippen LogP contribution in [-0.2, 0) is 14.4 Å². The van der Waals surface area contributed by atoms with Crippen LogP contribution >= 0.6 is 0 Å². The molecule has 0 aliphatic carbocycles. The van der Waals surface area contributed by atoms with Gasteiger partial charge >= 0.3 is 109 Å². The minimum absolute atomic E-state index is 0. The molecule has 0 saturated heterocycles. The molecule has 0 amide bonds. The summed E-state index contributed by atoms with van der Waals surface area (Å²) in [6, 6.07) is -3.26. The number of nitrogens with zero attached hydrogens (tertiary/aromatic N) is 2. The second-order valence-electron chi connectivity index (χ2n) is 6.53. The topological polar surface area (TPSA) is 144 Å². The zero-order chi connectivity index (χ0) is 20.4. The van der Waals surface area contributed by atoms with E-state index in [4.69, 9.17) is 0 Å². The maximum atomic E-state index is 11.2. The number of carboxylic acid groups (broad SMARTS) is 3. The molecule has 9 nitrogen and oxygen atoms in total. The number of rotatable bonds is 14. The van der Waals surface area contributed by atoms with Crippen molar-refractivity contribution in [3.8, 4) is 0 Å². The van der Waals surface area contributed by atoms with Gasteiger partial charge in [-0.05, 0) is 27.2 Å². The monoisotopic (exact) mass is 452 g/mol. The van der Waals surface area contributed by atoms with E-state index in [1.165, 1.54) is 30.6 Å². The summed E-state index contributed by atoms with van der Waals surface area (Å²) in [4.78, 5) is 36.3. The van der Waals surface area contributed by atoms with Crippen molar-refractivity contribution in [1.82, 2.24) is 9.80 Å². The SMILES string of the molecule is CCCCC(O)CN(CCN(C(C)C(=O)[O-])C(C)C(=O)O)C(C)C(=O)[O-].[K+].[K+]. The minimum atomic E-state index is -1.42. The third-order valence-corrected chi connectivity index (χ3v) is 4.56. The van der Waals surface area contributed by atoms with E-state index in [1.807, 2.05) is 6.92 Å². The molecular weight excluding hydrogens is 422 g/mol. The maximum absolute atomic E-state index is 11.2. The average Bonchev–Trinajstić information content (AvgIpc) is 2.57. The molecule has 0 aromatic carbocycles. The van der Waals surface area contributed by atoms with Crippen LogP contribution in [0.4, 0.5) is 0 Å². The van der Waals surface area contributed by atoms with Crippen LogP contribution in [-0.4, -0.2) is 81.8 Å². The Morgan fingerprint density at radius 2 is 1.43 bits per heavy atom. The smallest absolute Gasteiger partial charge is 0.548 e. The molecule has 0 aliphatic heterocycles. The summed E-state index contributed by atoms with van der Waals surface area (Å²) < 4.78 is 0. The van der Waals surface area contributed by atoms with Gasteiger partial charge in [0.15, 0.2) is 0 Å². The molecular formula is C17H30K2N2O7. The van der Waals surface area contributed by atoms with Crippen LogP contribution in [0.25, 0.3) is 0 Å². The van der Waals surface area contributed by atoms with Gasteiger partial charge in [-0.3, -0.25) is 14.6 Å². The molecule has 28 heavy (non-hydrogen) atoms. The molecule has 0 spiro atoms. The fourth-order valence-electron chi connectivity index (χ4n) is 2.64. The first-order valence-electron chi connectivity index (χ1n) is 8.85. The van der Waals surface area contributed by atoms with Gasteiger partial charge in [0.25, 0.3) is 0 Å². The number of carboxylic acids is 3. The third-order valence-electron chi connectivity index (χ3n) is 4.56. The van der Waals surface area contributed by atoms with E-state index in [-0.39, 0.29) is 122 Å². The van der Waals surface area contributed by atoms with E-state index >= 15 is 0 Å². The Balaban J connectivity index is -0.00000312. The molecule has 2 N–H and O–H groups in total. The Kier molecular flexibility index (Phi) is 22.2. The van der Waals surface area contributed by atoms with Gasteiger partial charge in [0.1, 0.15) is 6.04 Å². The maximum Gasteiger partial charge on any atom is 1.00 e. The summed E-state index contributed by atoms with van der Waals surface area (Å²) in [7, 11) is 0. The van der Waals surface area contributed by atoms with E-state index in [9.17, 15) is 34.8 Å². The van der Waals surface area contributed by atoms with Crippen molar-refractivity contribution >= 4 is 17.9 Å². The Labute approximate surface area is 252 Å². The predicted molar refractivity (Wildman–Crippen MR) is 89.8 cm³/mol. The van der Waals surface area contributed by atoms with Crippen molar-refractivity contribution in [1.29, 1.82) is 0 Å². The first-order valence-corrected chi connectivity index (χ1v) is 8.85. The van der Waals surface area contributed by atoms with Gasteiger partial charge in [-0.25, -0.2) is 0 Å². The zero-order valence-corrected chi connectivity index (χ0v) is 24.1. The Morgan fingerprint density at radius 3 is 1.82 bits per heavy atom. The summed E-state index contributed by atoms with van der Waals surface area (Å²) in [5.74, 6) is -3.93. The van der Waals surface area contributed by atoms with Crippen LogP contribution in [0.5, 0.6) is 0 Å². The van der Waals surface area contributed by atoms with Crippen molar-refractivity contribution in [3.63, 3.8) is 0 Å². The number of unbranched alkanes of at least 4 members (excludes halogenated alkanes) is 1. The molecule has 4 atom stereocenters. The van der Waals surface area contributed by atoms with Crippen molar-refractivity contribution in [2.75, 3.05) is 19.6 Å². The first-order chi connectivity index (χ1) is 12.0. The molecule has 0 rings (SSSR count). The fraction of sp³-hybridized carbons (Fsp3) is 0.824. The third kappa shape index (κ3) is 13.1. The molecule has 0 aromatic heterocycles. The summed E-state index contributed by atoms with van der Waals surface area (Å²) in [6.07, 6.45) is 1.46. The van der Waals surface area contributed by atoms with Crippen molar-refractivity contribution in [2.45, 2.75) is 71.2 Å². The molecule has 11 heteroatoms. The van der Waals surface area contributed by atoms with Gasteiger partial charge in [-0.1, -0.05) is 19.8 Å². The average molecular weight is 453 g/mol. The molecule has 0 radical (unpaired) electrons. The first kappa shape index (κ1) is 34.2. The van der Waals surface area contributed by atoms with Crippen LogP contribution in [0, 0.1) is 0 Å². The molecule has 0 heterocycles. The number of aliphatic carboxylic acids is 3. The molecule has 0 fully saturated rings. The number of aliphatic hydroxyl groups is 1. The predicted octanol–water partition coefficient (Wildman–Crippen LogP) is -8.10. The largest absolute Gasteiger partial charge is 1.00 e. The second kappa shape index (κ2) is 18.2. The van der Waals surface area contributed by atoms with Crippen LogP contribution in [0.15, 0.2) is 0 Å². The number of carbonyl (C=O) groups is 3. The van der Waals surface area contributed by atoms with Crippen LogP contribution in [0.1, 0.15) is 47.0 Å².